The van der Waals surface area contributed by atoms with Crippen LogP contribution in [0.2, 0.25) is 0 Å². The summed E-state index contributed by atoms with van der Waals surface area (Å²) < 4.78 is 70.3. The number of aromatic nitrogens is 1. The van der Waals surface area contributed by atoms with Gasteiger partial charge in [0.15, 0.2) is 5.95 Å². The molecule has 14 nitrogen and oxygen atoms in total. The van der Waals surface area contributed by atoms with Gasteiger partial charge in [-0.15, -0.1) is 0 Å². The third-order valence-corrected chi connectivity index (χ3v) is 8.95. The molecule has 3 heterocycles. The summed E-state index contributed by atoms with van der Waals surface area (Å²) in [4.78, 5) is 31.2. The molecule has 5 N–H and O–H groups in total. The minimum atomic E-state index is -5.25. The van der Waals surface area contributed by atoms with E-state index in [2.05, 4.69) is 17.5 Å². The maximum atomic E-state index is 13.9. The highest BCUT2D eigenvalue weighted by molar-refractivity contribution is 7.74. The number of ether oxygens (including phenoxy) is 1. The molecule has 0 saturated carbocycles. The molecule has 3 unspecified atom stereocenters. The summed E-state index contributed by atoms with van der Waals surface area (Å²) >= 11 is 0. The minimum absolute atomic E-state index is 0.307. The fraction of sp³-hybridized carbons (Fsp3) is 0.500. The number of halogens is 1. The molecule has 0 spiro atoms. The second-order valence-corrected chi connectivity index (χ2v) is 10.6. The van der Waals surface area contributed by atoms with E-state index < -0.39 is 66.0 Å². The lowest BCUT2D eigenvalue weighted by molar-refractivity contribution is -0.0241. The first-order chi connectivity index (χ1) is 12.8. The van der Waals surface area contributed by atoms with Gasteiger partial charge >= 0.3 is 23.5 Å². The number of rotatable bonds is 4. The van der Waals surface area contributed by atoms with Gasteiger partial charge in [0.05, 0.1) is 6.61 Å². The lowest BCUT2D eigenvalue weighted by atomic mass is 10.0. The van der Waals surface area contributed by atoms with Crippen LogP contribution >= 0.6 is 23.5 Å². The quantitative estimate of drug-likeness (QED) is 0.293. The molecule has 158 valence electrons. The Kier molecular flexibility index (Phi) is 5.85. The molecule has 2 aliphatic heterocycles. The van der Waals surface area contributed by atoms with E-state index in [1.54, 1.807) is 0 Å². The van der Waals surface area contributed by atoms with Crippen LogP contribution < -0.4 is 5.56 Å². The third kappa shape index (κ3) is 4.68. The zero-order valence-corrected chi connectivity index (χ0v) is 16.0. The van der Waals surface area contributed by atoms with Crippen molar-refractivity contribution in [1.29, 1.82) is 0 Å². The molecule has 0 amide bonds. The lowest BCUT2D eigenvalue weighted by Crippen LogP contribution is -2.33. The van der Waals surface area contributed by atoms with Gasteiger partial charge in [-0.2, -0.15) is 17.3 Å². The average molecular weight is 467 g/mol. The van der Waals surface area contributed by atoms with Crippen LogP contribution in [0.3, 0.4) is 0 Å². The first kappa shape index (κ1) is 21.9. The first-order valence-electron chi connectivity index (χ1n) is 7.25. The smallest absolute Gasteiger partial charge is 0.387 e. The van der Waals surface area contributed by atoms with Crippen molar-refractivity contribution >= 4 is 23.5 Å². The van der Waals surface area contributed by atoms with Gasteiger partial charge in [-0.1, -0.05) is 0 Å². The van der Waals surface area contributed by atoms with Crippen molar-refractivity contribution in [1.82, 2.24) is 4.98 Å². The normalized spacial score (nSPS) is 43.9. The molecule has 0 bridgehead atoms. The Labute approximate surface area is 154 Å². The highest BCUT2D eigenvalue weighted by atomic mass is 31.3. The molecule has 28 heavy (non-hydrogen) atoms. The molecule has 2 aliphatic rings. The van der Waals surface area contributed by atoms with Crippen LogP contribution in [-0.4, -0.2) is 49.9 Å². The summed E-state index contributed by atoms with van der Waals surface area (Å²) in [6, 6.07) is 1.96. The van der Waals surface area contributed by atoms with Crippen LogP contribution in [0, 0.1) is 5.95 Å². The van der Waals surface area contributed by atoms with E-state index >= 15 is 0 Å². The molecule has 0 aliphatic carbocycles. The summed E-state index contributed by atoms with van der Waals surface area (Å²) in [6.07, 6.45) is -6.40. The molecular formula is C10H13FNO13P3. The van der Waals surface area contributed by atoms with Crippen molar-refractivity contribution < 1.29 is 60.3 Å². The number of phosphoric acid groups is 3. The Bertz CT molecular complexity index is 938. The second kappa shape index (κ2) is 7.47. The van der Waals surface area contributed by atoms with E-state index in [1.165, 1.54) is 0 Å². The van der Waals surface area contributed by atoms with E-state index in [0.29, 0.717) is 0 Å². The van der Waals surface area contributed by atoms with Crippen LogP contribution in [0.5, 0.6) is 0 Å². The number of hydrogen-bond acceptors (Lipinski definition) is 11. The van der Waals surface area contributed by atoms with Crippen molar-refractivity contribution in [2.24, 2.45) is 0 Å². The molecule has 0 radical (unpaired) electrons. The molecule has 1 aromatic rings. The summed E-state index contributed by atoms with van der Waals surface area (Å²) in [6.45, 7) is -0.934. The molecule has 6 atom stereocenters. The highest BCUT2D eigenvalue weighted by Gasteiger charge is 2.55. The Morgan fingerprint density at radius 3 is 2.25 bits per heavy atom. The number of hydrogen-bond donors (Lipinski definition) is 5. The van der Waals surface area contributed by atoms with Crippen LogP contribution in [0.1, 0.15) is 11.7 Å². The number of nitrogens with one attached hydrogen (secondary N) is 1. The molecule has 18 heteroatoms. The summed E-state index contributed by atoms with van der Waals surface area (Å²) in [7, 11) is -15.6. The Balaban J connectivity index is 1.73. The van der Waals surface area contributed by atoms with Gasteiger partial charge in [0.2, 0.25) is 5.56 Å². The number of pyridine rings is 1. The first-order valence-corrected chi connectivity index (χ1v) is 11.7. The lowest BCUT2D eigenvalue weighted by Gasteiger charge is -2.27. The van der Waals surface area contributed by atoms with Gasteiger partial charge in [-0.25, -0.2) is 13.7 Å². The van der Waals surface area contributed by atoms with Crippen LogP contribution in [0.25, 0.3) is 0 Å². The summed E-state index contributed by atoms with van der Waals surface area (Å²) in [5, 5.41) is 20.0. The summed E-state index contributed by atoms with van der Waals surface area (Å²) in [5.41, 5.74) is -1.07. The van der Waals surface area contributed by atoms with Gasteiger partial charge in [0.25, 0.3) is 0 Å². The molecule has 2 fully saturated rings. The van der Waals surface area contributed by atoms with Gasteiger partial charge in [-0.3, -0.25) is 14.3 Å². The SMILES string of the molecule is O=c1ccc([C@@H]2O[C@H](COP3(=O)OP(=O)(O)OP(=O)(O)O3)C(O)[C@@H]2O)c(F)[nH]1. The predicted molar refractivity (Wildman–Crippen MR) is 83.1 cm³/mol. The number of H-pyrrole nitrogens is 1. The standard InChI is InChI=1S/C10H13FNO13P3/c11-10-4(1-2-6(13)12-10)9-8(15)7(14)5(22-9)3-21-28(20)24-26(16,17)23-27(18,19)25-28/h1-2,5,7-9,14-15H,3H2,(H,12,13)(H,16,17)(H,18,19)/t5-,7?,8+,9+/m1/s1. The Morgan fingerprint density at radius 1 is 1.07 bits per heavy atom. The van der Waals surface area contributed by atoms with E-state index in [1.807, 2.05) is 4.98 Å². The van der Waals surface area contributed by atoms with E-state index in [4.69, 9.17) is 14.5 Å². The Hall–Kier alpha value is -0.790. The van der Waals surface area contributed by atoms with E-state index in [0.717, 1.165) is 12.1 Å². The van der Waals surface area contributed by atoms with Crippen LogP contribution in [0.15, 0.2) is 16.9 Å². The van der Waals surface area contributed by atoms with Crippen LogP contribution in [0.4, 0.5) is 4.39 Å². The van der Waals surface area contributed by atoms with Crippen molar-refractivity contribution in [3.63, 3.8) is 0 Å². The average Bonchev–Trinajstić information content (AvgIpc) is 2.78. The maximum absolute atomic E-state index is 13.9. The molecule has 0 aromatic carbocycles. The van der Waals surface area contributed by atoms with E-state index in [-0.39, 0.29) is 5.56 Å². The number of aliphatic hydroxyl groups is 2. The van der Waals surface area contributed by atoms with Crippen molar-refractivity contribution in [2.75, 3.05) is 6.61 Å². The molecule has 2 saturated heterocycles. The zero-order valence-electron chi connectivity index (χ0n) is 13.4. The van der Waals surface area contributed by atoms with Gasteiger partial charge in [0.1, 0.15) is 24.4 Å². The fourth-order valence-electron chi connectivity index (χ4n) is 2.46. The van der Waals surface area contributed by atoms with Crippen molar-refractivity contribution in [3.8, 4) is 0 Å². The van der Waals surface area contributed by atoms with Crippen molar-refractivity contribution in [2.45, 2.75) is 24.4 Å². The van der Waals surface area contributed by atoms with Gasteiger partial charge in [-0.05, 0) is 6.07 Å². The van der Waals surface area contributed by atoms with E-state index in [9.17, 15) is 33.1 Å². The van der Waals surface area contributed by atoms with Gasteiger partial charge < -0.3 is 24.7 Å². The second-order valence-electron chi connectivity index (χ2n) is 5.59. The molecule has 3 rings (SSSR count). The summed E-state index contributed by atoms with van der Waals surface area (Å²) in [5.74, 6) is -1.13. The topological polar surface area (TPSA) is 211 Å². The van der Waals surface area contributed by atoms with Crippen molar-refractivity contribution in [3.05, 3.63) is 34.0 Å². The Morgan fingerprint density at radius 2 is 1.68 bits per heavy atom. The largest absolute Gasteiger partial charge is 0.492 e. The fourth-order valence-corrected chi connectivity index (χ4v) is 7.40. The number of aromatic amines is 1. The van der Waals surface area contributed by atoms with Gasteiger partial charge in [0, 0.05) is 11.6 Å². The zero-order chi connectivity index (χ0) is 20.9. The third-order valence-electron chi connectivity index (χ3n) is 3.58. The maximum Gasteiger partial charge on any atom is 0.492 e. The number of aliphatic hydroxyl groups excluding tert-OH is 2. The molecule has 1 aromatic heterocycles. The highest BCUT2D eigenvalue weighted by Crippen LogP contribution is 2.80. The molecular weight excluding hydrogens is 454 g/mol. The van der Waals surface area contributed by atoms with Crippen LogP contribution in [-0.2, 0) is 35.9 Å². The monoisotopic (exact) mass is 467 g/mol. The predicted octanol–water partition coefficient (Wildman–Crippen LogP) is 0.0646. The minimum Gasteiger partial charge on any atom is -0.387 e.